The standard InChI is InChI=1S/C8H5F5N2O2/c1-3-4(8(11,12)13)2-14-5(7(9)10)6(3)15(16)17/h2,7H,1H3. The largest absolute Gasteiger partial charge is 0.418 e. The molecule has 0 bridgehead atoms. The highest BCUT2D eigenvalue weighted by Gasteiger charge is 2.38. The highest BCUT2D eigenvalue weighted by Crippen LogP contribution is 2.38. The van der Waals surface area contributed by atoms with Gasteiger partial charge in [0, 0.05) is 11.8 Å². The van der Waals surface area contributed by atoms with E-state index in [9.17, 15) is 32.1 Å². The first-order valence-corrected chi connectivity index (χ1v) is 4.15. The number of hydrogen-bond acceptors (Lipinski definition) is 3. The van der Waals surface area contributed by atoms with E-state index in [0.717, 1.165) is 6.92 Å². The van der Waals surface area contributed by atoms with Gasteiger partial charge in [-0.3, -0.25) is 10.1 Å². The van der Waals surface area contributed by atoms with E-state index >= 15 is 0 Å². The van der Waals surface area contributed by atoms with Crippen LogP contribution in [-0.2, 0) is 6.18 Å². The Morgan fingerprint density at radius 2 is 1.94 bits per heavy atom. The number of rotatable bonds is 2. The van der Waals surface area contributed by atoms with Crippen molar-refractivity contribution in [3.8, 4) is 0 Å². The van der Waals surface area contributed by atoms with E-state index in [-0.39, 0.29) is 6.20 Å². The number of halogens is 5. The first-order valence-electron chi connectivity index (χ1n) is 4.15. The van der Waals surface area contributed by atoms with Gasteiger partial charge >= 0.3 is 6.18 Å². The molecule has 0 aliphatic carbocycles. The van der Waals surface area contributed by atoms with Crippen molar-refractivity contribution in [2.45, 2.75) is 19.5 Å². The molecule has 0 aliphatic heterocycles. The van der Waals surface area contributed by atoms with Gasteiger partial charge in [0.25, 0.3) is 12.1 Å². The highest BCUT2D eigenvalue weighted by atomic mass is 19.4. The van der Waals surface area contributed by atoms with Gasteiger partial charge in [0.15, 0.2) is 5.69 Å². The van der Waals surface area contributed by atoms with Gasteiger partial charge < -0.3 is 0 Å². The van der Waals surface area contributed by atoms with Crippen molar-refractivity contribution in [1.29, 1.82) is 0 Å². The monoisotopic (exact) mass is 256 g/mol. The fraction of sp³-hybridized carbons (Fsp3) is 0.375. The van der Waals surface area contributed by atoms with Crippen molar-refractivity contribution < 1.29 is 26.9 Å². The molecule has 0 aromatic carbocycles. The molecule has 0 radical (unpaired) electrons. The number of aromatic nitrogens is 1. The summed E-state index contributed by atoms with van der Waals surface area (Å²) in [6, 6.07) is 0. The summed E-state index contributed by atoms with van der Waals surface area (Å²) in [4.78, 5) is 12.0. The lowest BCUT2D eigenvalue weighted by atomic mass is 10.1. The second kappa shape index (κ2) is 4.22. The summed E-state index contributed by atoms with van der Waals surface area (Å²) in [6.45, 7) is 0.758. The van der Waals surface area contributed by atoms with Crippen LogP contribution in [0.1, 0.15) is 23.2 Å². The Morgan fingerprint density at radius 3 is 2.29 bits per heavy atom. The third-order valence-electron chi connectivity index (χ3n) is 2.03. The second-order valence-corrected chi connectivity index (χ2v) is 3.09. The number of nitrogens with zero attached hydrogens (tertiary/aromatic N) is 2. The minimum absolute atomic E-state index is 0.170. The first kappa shape index (κ1) is 13.3. The lowest BCUT2D eigenvalue weighted by Crippen LogP contribution is -2.12. The molecule has 0 saturated heterocycles. The van der Waals surface area contributed by atoms with Crippen LogP contribution in [0.4, 0.5) is 27.6 Å². The van der Waals surface area contributed by atoms with Crippen molar-refractivity contribution in [3.63, 3.8) is 0 Å². The van der Waals surface area contributed by atoms with Gasteiger partial charge in [0.1, 0.15) is 0 Å². The zero-order chi connectivity index (χ0) is 13.4. The maximum Gasteiger partial charge on any atom is 0.418 e. The molecular weight excluding hydrogens is 251 g/mol. The van der Waals surface area contributed by atoms with Crippen LogP contribution in [0.25, 0.3) is 0 Å². The summed E-state index contributed by atoms with van der Waals surface area (Å²) >= 11 is 0. The Bertz CT molecular complexity index is 458. The lowest BCUT2D eigenvalue weighted by molar-refractivity contribution is -0.387. The molecule has 0 aliphatic rings. The van der Waals surface area contributed by atoms with Crippen LogP contribution >= 0.6 is 0 Å². The molecule has 0 spiro atoms. The fourth-order valence-corrected chi connectivity index (χ4v) is 1.29. The molecule has 1 aromatic rings. The Labute approximate surface area is 91.2 Å². The Hall–Kier alpha value is -1.80. The third kappa shape index (κ3) is 2.48. The molecule has 0 amide bonds. The lowest BCUT2D eigenvalue weighted by Gasteiger charge is -2.11. The van der Waals surface area contributed by atoms with Gasteiger partial charge in [-0.1, -0.05) is 0 Å². The molecule has 4 nitrogen and oxygen atoms in total. The summed E-state index contributed by atoms with van der Waals surface area (Å²) in [6.07, 6.45) is -8.01. The van der Waals surface area contributed by atoms with E-state index in [1.165, 1.54) is 0 Å². The summed E-state index contributed by atoms with van der Waals surface area (Å²) in [5, 5.41) is 10.5. The quantitative estimate of drug-likeness (QED) is 0.463. The van der Waals surface area contributed by atoms with Gasteiger partial charge in [-0.2, -0.15) is 13.2 Å². The predicted octanol–water partition coefficient (Wildman–Crippen LogP) is 3.25. The second-order valence-electron chi connectivity index (χ2n) is 3.09. The summed E-state index contributed by atoms with van der Waals surface area (Å²) in [7, 11) is 0. The Kier molecular flexibility index (Phi) is 3.30. The van der Waals surface area contributed by atoms with Crippen LogP contribution in [0.5, 0.6) is 0 Å². The number of nitro groups is 1. The third-order valence-corrected chi connectivity index (χ3v) is 2.03. The zero-order valence-electron chi connectivity index (χ0n) is 8.26. The number of pyridine rings is 1. The van der Waals surface area contributed by atoms with Gasteiger partial charge in [-0.05, 0) is 6.92 Å². The predicted molar refractivity (Wildman–Crippen MR) is 45.6 cm³/mol. The summed E-state index contributed by atoms with van der Waals surface area (Å²) in [5.41, 5.74) is -4.82. The van der Waals surface area contributed by atoms with E-state index in [0.29, 0.717) is 0 Å². The molecule has 0 unspecified atom stereocenters. The molecule has 0 atom stereocenters. The number of hydrogen-bond donors (Lipinski definition) is 0. The molecule has 9 heteroatoms. The molecule has 0 saturated carbocycles. The summed E-state index contributed by atoms with van der Waals surface area (Å²) in [5.74, 6) is 0. The van der Waals surface area contributed by atoms with Crippen LogP contribution in [0.15, 0.2) is 6.20 Å². The molecule has 1 rings (SSSR count). The van der Waals surface area contributed by atoms with E-state index in [1.54, 1.807) is 0 Å². The van der Waals surface area contributed by atoms with Crippen LogP contribution in [0, 0.1) is 17.0 Å². The molecule has 94 valence electrons. The fourth-order valence-electron chi connectivity index (χ4n) is 1.29. The molecule has 17 heavy (non-hydrogen) atoms. The topological polar surface area (TPSA) is 56.0 Å². The van der Waals surface area contributed by atoms with Crippen LogP contribution in [-0.4, -0.2) is 9.91 Å². The molecular formula is C8H5F5N2O2. The van der Waals surface area contributed by atoms with E-state index in [1.807, 2.05) is 0 Å². The summed E-state index contributed by atoms with van der Waals surface area (Å²) < 4.78 is 61.8. The molecule has 1 heterocycles. The maximum absolute atomic E-state index is 12.4. The van der Waals surface area contributed by atoms with E-state index in [2.05, 4.69) is 4.98 Å². The SMILES string of the molecule is Cc1c(C(F)(F)F)cnc(C(F)F)c1[N+](=O)[O-]. The average Bonchev–Trinajstić information content (AvgIpc) is 2.13. The van der Waals surface area contributed by atoms with Crippen molar-refractivity contribution in [2.75, 3.05) is 0 Å². The smallest absolute Gasteiger partial charge is 0.258 e. The van der Waals surface area contributed by atoms with Crippen LogP contribution in [0.2, 0.25) is 0 Å². The van der Waals surface area contributed by atoms with Crippen molar-refractivity contribution >= 4 is 5.69 Å². The van der Waals surface area contributed by atoms with E-state index < -0.39 is 40.0 Å². The normalized spacial score (nSPS) is 11.9. The van der Waals surface area contributed by atoms with Crippen LogP contribution < -0.4 is 0 Å². The van der Waals surface area contributed by atoms with Crippen molar-refractivity contribution in [1.82, 2.24) is 4.98 Å². The minimum atomic E-state index is -4.87. The average molecular weight is 256 g/mol. The van der Waals surface area contributed by atoms with Crippen molar-refractivity contribution in [2.24, 2.45) is 0 Å². The van der Waals surface area contributed by atoms with E-state index in [4.69, 9.17) is 0 Å². The molecule has 0 fully saturated rings. The van der Waals surface area contributed by atoms with Crippen LogP contribution in [0.3, 0.4) is 0 Å². The first-order chi connectivity index (χ1) is 7.66. The molecule has 0 N–H and O–H groups in total. The number of alkyl halides is 5. The maximum atomic E-state index is 12.4. The Morgan fingerprint density at radius 1 is 1.41 bits per heavy atom. The van der Waals surface area contributed by atoms with Gasteiger partial charge in [0.2, 0.25) is 0 Å². The van der Waals surface area contributed by atoms with Gasteiger partial charge in [-0.25, -0.2) is 13.8 Å². The minimum Gasteiger partial charge on any atom is -0.258 e. The zero-order valence-corrected chi connectivity index (χ0v) is 8.26. The van der Waals surface area contributed by atoms with Gasteiger partial charge in [-0.15, -0.1) is 0 Å². The van der Waals surface area contributed by atoms with Gasteiger partial charge in [0.05, 0.1) is 10.5 Å². The molecule has 1 aromatic heterocycles. The van der Waals surface area contributed by atoms with Crippen molar-refractivity contribution in [3.05, 3.63) is 33.1 Å². The Balaban J connectivity index is 3.56. The highest BCUT2D eigenvalue weighted by molar-refractivity contribution is 5.48.